The van der Waals surface area contributed by atoms with Gasteiger partial charge in [0.15, 0.2) is 0 Å². The van der Waals surface area contributed by atoms with Gasteiger partial charge in [0.05, 0.1) is 0 Å². The number of rotatable bonds is 6. The summed E-state index contributed by atoms with van der Waals surface area (Å²) < 4.78 is 13.5. The van der Waals surface area contributed by atoms with E-state index in [0.717, 1.165) is 42.6 Å². The van der Waals surface area contributed by atoms with E-state index in [1.807, 2.05) is 13.8 Å². The van der Waals surface area contributed by atoms with Gasteiger partial charge in [-0.1, -0.05) is 13.0 Å². The molecule has 96 valence electrons. The smallest absolute Gasteiger partial charge is 0.126 e. The van der Waals surface area contributed by atoms with E-state index >= 15 is 0 Å². The highest BCUT2D eigenvalue weighted by Gasteiger charge is 2.04. The van der Waals surface area contributed by atoms with Crippen molar-refractivity contribution in [2.45, 2.75) is 40.0 Å². The molecule has 17 heavy (non-hydrogen) atoms. The van der Waals surface area contributed by atoms with Crippen molar-refractivity contribution in [2.24, 2.45) is 0 Å². The highest BCUT2D eigenvalue weighted by molar-refractivity contribution is 5.31. The number of nitrogens with zero attached hydrogens (tertiary/aromatic N) is 1. The van der Waals surface area contributed by atoms with Crippen molar-refractivity contribution in [1.29, 1.82) is 0 Å². The maximum absolute atomic E-state index is 13.5. The lowest BCUT2D eigenvalue weighted by molar-refractivity contribution is 0.330. The molecule has 0 aliphatic carbocycles. The third kappa shape index (κ3) is 4.47. The van der Waals surface area contributed by atoms with Gasteiger partial charge in [0.25, 0.3) is 0 Å². The summed E-state index contributed by atoms with van der Waals surface area (Å²) in [6.07, 6.45) is 3.25. The van der Waals surface area contributed by atoms with Gasteiger partial charge in [-0.25, -0.2) is 4.39 Å². The van der Waals surface area contributed by atoms with E-state index in [4.69, 9.17) is 0 Å². The molecule has 1 rings (SSSR count). The molecule has 0 amide bonds. The minimum Gasteiger partial charge on any atom is -0.306 e. The molecular formula is C15H24FN. The van der Waals surface area contributed by atoms with Crippen LogP contribution in [0.5, 0.6) is 0 Å². The zero-order valence-corrected chi connectivity index (χ0v) is 11.5. The summed E-state index contributed by atoms with van der Waals surface area (Å²) in [7, 11) is 2.14. The summed E-state index contributed by atoms with van der Waals surface area (Å²) in [4.78, 5) is 2.33. The molecule has 0 saturated heterocycles. The summed E-state index contributed by atoms with van der Waals surface area (Å²) in [6.45, 7) is 8.23. The lowest BCUT2D eigenvalue weighted by Crippen LogP contribution is -2.20. The van der Waals surface area contributed by atoms with Crippen LogP contribution in [0, 0.1) is 19.7 Å². The van der Waals surface area contributed by atoms with Crippen molar-refractivity contribution in [1.82, 2.24) is 4.90 Å². The minimum absolute atomic E-state index is 0.0677. The number of aryl methyl sites for hydroxylation is 2. The third-order valence-corrected chi connectivity index (χ3v) is 3.27. The molecule has 1 aromatic rings. The SMILES string of the molecule is CCCN(C)CCCc1cc(C)c(C)c(F)c1. The summed E-state index contributed by atoms with van der Waals surface area (Å²) in [5, 5.41) is 0. The first-order valence-corrected chi connectivity index (χ1v) is 6.48. The van der Waals surface area contributed by atoms with E-state index in [-0.39, 0.29) is 5.82 Å². The molecular weight excluding hydrogens is 213 g/mol. The Kier molecular flexibility index (Phi) is 5.63. The Morgan fingerprint density at radius 3 is 2.47 bits per heavy atom. The van der Waals surface area contributed by atoms with Gasteiger partial charge in [-0.3, -0.25) is 0 Å². The standard InChI is InChI=1S/C15H24FN/c1-5-8-17(4)9-6-7-14-10-12(2)13(3)15(16)11-14/h10-11H,5-9H2,1-4H3. The van der Waals surface area contributed by atoms with Crippen LogP contribution in [0.2, 0.25) is 0 Å². The van der Waals surface area contributed by atoms with E-state index in [2.05, 4.69) is 24.9 Å². The topological polar surface area (TPSA) is 3.24 Å². The van der Waals surface area contributed by atoms with Crippen molar-refractivity contribution in [3.63, 3.8) is 0 Å². The fourth-order valence-electron chi connectivity index (χ4n) is 2.08. The van der Waals surface area contributed by atoms with E-state index in [0.29, 0.717) is 0 Å². The largest absolute Gasteiger partial charge is 0.306 e. The maximum Gasteiger partial charge on any atom is 0.126 e. The van der Waals surface area contributed by atoms with Crippen molar-refractivity contribution >= 4 is 0 Å². The van der Waals surface area contributed by atoms with Crippen molar-refractivity contribution in [2.75, 3.05) is 20.1 Å². The quantitative estimate of drug-likeness (QED) is 0.729. The van der Waals surface area contributed by atoms with Gasteiger partial charge < -0.3 is 4.90 Å². The molecule has 2 heteroatoms. The van der Waals surface area contributed by atoms with Crippen LogP contribution in [-0.4, -0.2) is 25.0 Å². The molecule has 1 aromatic carbocycles. The van der Waals surface area contributed by atoms with Gasteiger partial charge in [0.2, 0.25) is 0 Å². The molecule has 1 nitrogen and oxygen atoms in total. The summed E-state index contributed by atoms with van der Waals surface area (Å²) in [6, 6.07) is 3.79. The van der Waals surface area contributed by atoms with Gasteiger partial charge in [0.1, 0.15) is 5.82 Å². The normalized spacial score (nSPS) is 11.2. The molecule has 0 aromatic heterocycles. The predicted octanol–water partition coefficient (Wildman–Crippen LogP) is 3.72. The van der Waals surface area contributed by atoms with E-state index in [9.17, 15) is 4.39 Å². The number of hydrogen-bond acceptors (Lipinski definition) is 1. The third-order valence-electron chi connectivity index (χ3n) is 3.27. The second kappa shape index (κ2) is 6.75. The van der Waals surface area contributed by atoms with E-state index < -0.39 is 0 Å². The zero-order valence-electron chi connectivity index (χ0n) is 11.5. The summed E-state index contributed by atoms with van der Waals surface area (Å²) in [5.74, 6) is -0.0677. The summed E-state index contributed by atoms with van der Waals surface area (Å²) in [5.41, 5.74) is 2.95. The molecule has 0 spiro atoms. The van der Waals surface area contributed by atoms with Crippen LogP contribution in [0.4, 0.5) is 4.39 Å². The van der Waals surface area contributed by atoms with Crippen molar-refractivity contribution < 1.29 is 4.39 Å². The van der Waals surface area contributed by atoms with Crippen LogP contribution in [0.3, 0.4) is 0 Å². The van der Waals surface area contributed by atoms with Crippen LogP contribution in [-0.2, 0) is 6.42 Å². The van der Waals surface area contributed by atoms with Gasteiger partial charge >= 0.3 is 0 Å². The highest BCUT2D eigenvalue weighted by atomic mass is 19.1. The molecule has 0 atom stereocenters. The van der Waals surface area contributed by atoms with E-state index in [1.165, 1.54) is 6.42 Å². The second-order valence-corrected chi connectivity index (χ2v) is 4.93. The Labute approximate surface area is 105 Å². The molecule has 0 heterocycles. The number of hydrogen-bond donors (Lipinski definition) is 0. The molecule has 0 aliphatic heterocycles. The Morgan fingerprint density at radius 1 is 1.18 bits per heavy atom. The molecule has 0 N–H and O–H groups in total. The Hall–Kier alpha value is -0.890. The minimum atomic E-state index is -0.0677. The van der Waals surface area contributed by atoms with Crippen LogP contribution in [0.25, 0.3) is 0 Å². The van der Waals surface area contributed by atoms with Crippen molar-refractivity contribution in [3.05, 3.63) is 34.6 Å². The summed E-state index contributed by atoms with van der Waals surface area (Å²) >= 11 is 0. The lowest BCUT2D eigenvalue weighted by atomic mass is 10.0. The number of benzene rings is 1. The van der Waals surface area contributed by atoms with Gasteiger partial charge in [-0.2, -0.15) is 0 Å². The Balaban J connectivity index is 2.47. The predicted molar refractivity (Wildman–Crippen MR) is 72.0 cm³/mol. The second-order valence-electron chi connectivity index (χ2n) is 4.93. The van der Waals surface area contributed by atoms with Crippen LogP contribution in [0.15, 0.2) is 12.1 Å². The highest BCUT2D eigenvalue weighted by Crippen LogP contribution is 2.16. The van der Waals surface area contributed by atoms with Crippen LogP contribution >= 0.6 is 0 Å². The van der Waals surface area contributed by atoms with Gasteiger partial charge in [-0.05, 0) is 76.0 Å². The molecule has 0 aliphatic rings. The van der Waals surface area contributed by atoms with Gasteiger partial charge in [-0.15, -0.1) is 0 Å². The molecule has 0 fully saturated rings. The van der Waals surface area contributed by atoms with Crippen LogP contribution in [0.1, 0.15) is 36.5 Å². The fraction of sp³-hybridized carbons (Fsp3) is 0.600. The van der Waals surface area contributed by atoms with Gasteiger partial charge in [0, 0.05) is 0 Å². The average molecular weight is 237 g/mol. The molecule has 0 unspecified atom stereocenters. The molecule has 0 bridgehead atoms. The van der Waals surface area contributed by atoms with E-state index in [1.54, 1.807) is 6.07 Å². The zero-order chi connectivity index (χ0) is 12.8. The Morgan fingerprint density at radius 2 is 1.88 bits per heavy atom. The fourth-order valence-corrected chi connectivity index (χ4v) is 2.08. The maximum atomic E-state index is 13.5. The first-order chi connectivity index (χ1) is 8.04. The lowest BCUT2D eigenvalue weighted by Gasteiger charge is -2.15. The average Bonchev–Trinajstić information content (AvgIpc) is 2.26. The number of halogens is 1. The monoisotopic (exact) mass is 237 g/mol. The Bertz CT molecular complexity index is 337. The molecule has 0 radical (unpaired) electrons. The first-order valence-electron chi connectivity index (χ1n) is 6.48. The van der Waals surface area contributed by atoms with Crippen molar-refractivity contribution in [3.8, 4) is 0 Å². The first kappa shape index (κ1) is 14.2. The van der Waals surface area contributed by atoms with Crippen LogP contribution < -0.4 is 0 Å². The molecule has 0 saturated carbocycles.